The molecule has 0 radical (unpaired) electrons. The predicted octanol–water partition coefficient (Wildman–Crippen LogP) is 5.52. The maximum absolute atomic E-state index is 14.1. The van der Waals surface area contributed by atoms with Gasteiger partial charge < -0.3 is 39.3 Å². The third-order valence-corrected chi connectivity index (χ3v) is 11.4. The SMILES string of the molecule is COc1cc(C(=O)N2CCC(CCN3CCC(NC(=O)N4CCCC(C(=O)O)C4)(c4ccccc4)CC3)(c3ccc(F)cc3)C2)cc(OC)c1OC. The third kappa shape index (κ3) is 7.67. The van der Waals surface area contributed by atoms with E-state index in [-0.39, 0.29) is 29.7 Å². The maximum Gasteiger partial charge on any atom is 0.318 e. The van der Waals surface area contributed by atoms with Crippen LogP contribution in [0.2, 0.25) is 0 Å². The van der Waals surface area contributed by atoms with Gasteiger partial charge in [0, 0.05) is 50.2 Å². The van der Waals surface area contributed by atoms with Gasteiger partial charge in [-0.3, -0.25) is 9.59 Å². The average molecular weight is 717 g/mol. The molecule has 3 heterocycles. The Morgan fingerprint density at radius 1 is 0.846 bits per heavy atom. The normalized spacial score (nSPS) is 21.7. The van der Waals surface area contributed by atoms with Gasteiger partial charge in [0.15, 0.2) is 11.5 Å². The number of carbonyl (C=O) groups excluding carboxylic acids is 2. The fourth-order valence-corrected chi connectivity index (χ4v) is 8.24. The number of piperidine rings is 2. The second kappa shape index (κ2) is 15.8. The topological polar surface area (TPSA) is 121 Å². The van der Waals surface area contributed by atoms with Crippen molar-refractivity contribution in [3.8, 4) is 17.2 Å². The van der Waals surface area contributed by atoms with Gasteiger partial charge in [-0.25, -0.2) is 9.18 Å². The standard InChI is InChI=1S/C40H49FN4O7/c1-50-33-24-29(25-34(51-2)35(33)52-3)36(46)45-23-16-39(27-45,30-11-13-32(41)14-12-30)15-20-43-21-17-40(18-22-43,31-9-5-4-6-10-31)42-38(49)44-19-7-8-28(26-44)37(47)48/h4-6,9-14,24-25,28H,7-8,15-23,26-27H2,1-3H3,(H,42,49)(H,47,48). The first-order chi connectivity index (χ1) is 25.1. The molecule has 0 aromatic heterocycles. The number of carboxylic acid groups (broad SMARTS) is 1. The molecule has 0 saturated carbocycles. The van der Waals surface area contributed by atoms with Crippen LogP contribution in [0.25, 0.3) is 0 Å². The number of amides is 3. The molecule has 0 bridgehead atoms. The van der Waals surface area contributed by atoms with Gasteiger partial charge in [-0.2, -0.15) is 0 Å². The van der Waals surface area contributed by atoms with Crippen molar-refractivity contribution in [2.75, 3.05) is 67.1 Å². The van der Waals surface area contributed by atoms with Crippen molar-refractivity contribution in [2.24, 2.45) is 5.92 Å². The molecule has 2 atom stereocenters. The molecule has 2 N–H and O–H groups in total. The molecule has 11 nitrogen and oxygen atoms in total. The number of aliphatic carboxylic acids is 1. The molecule has 3 aromatic carbocycles. The number of carbonyl (C=O) groups is 3. The number of nitrogens with one attached hydrogen (secondary N) is 1. The molecule has 2 unspecified atom stereocenters. The quantitative estimate of drug-likeness (QED) is 0.266. The van der Waals surface area contributed by atoms with Gasteiger partial charge in [0.1, 0.15) is 5.82 Å². The zero-order valence-electron chi connectivity index (χ0n) is 30.2. The van der Waals surface area contributed by atoms with Gasteiger partial charge >= 0.3 is 12.0 Å². The Labute approximate surface area is 304 Å². The Kier molecular flexibility index (Phi) is 11.2. The van der Waals surface area contributed by atoms with Gasteiger partial charge in [0.2, 0.25) is 5.75 Å². The summed E-state index contributed by atoms with van der Waals surface area (Å²) in [7, 11) is 4.56. The smallest absolute Gasteiger partial charge is 0.318 e. The van der Waals surface area contributed by atoms with Gasteiger partial charge in [0.25, 0.3) is 5.91 Å². The van der Waals surface area contributed by atoms with Crippen LogP contribution in [0.4, 0.5) is 9.18 Å². The number of methoxy groups -OCH3 is 3. The molecule has 0 spiro atoms. The second-order valence-electron chi connectivity index (χ2n) is 14.3. The number of urea groups is 1. The van der Waals surface area contributed by atoms with Gasteiger partial charge in [-0.05, 0) is 80.5 Å². The molecule has 3 aromatic rings. The van der Waals surface area contributed by atoms with Crippen molar-refractivity contribution < 1.29 is 38.1 Å². The van der Waals surface area contributed by atoms with E-state index in [0.717, 1.165) is 43.6 Å². The van der Waals surface area contributed by atoms with Gasteiger partial charge in [0.05, 0.1) is 32.8 Å². The summed E-state index contributed by atoms with van der Waals surface area (Å²) in [5.41, 5.74) is 1.49. The molecular weight excluding hydrogens is 667 g/mol. The van der Waals surface area contributed by atoms with E-state index >= 15 is 0 Å². The highest BCUT2D eigenvalue weighted by Crippen LogP contribution is 2.42. The molecule has 3 aliphatic heterocycles. The lowest BCUT2D eigenvalue weighted by atomic mass is 9.76. The number of hydrogen-bond donors (Lipinski definition) is 2. The lowest BCUT2D eigenvalue weighted by Crippen LogP contribution is -2.57. The first-order valence-corrected chi connectivity index (χ1v) is 18.0. The Hall–Kier alpha value is -4.84. The zero-order chi connectivity index (χ0) is 36.9. The molecule has 52 heavy (non-hydrogen) atoms. The average Bonchev–Trinajstić information content (AvgIpc) is 3.62. The minimum Gasteiger partial charge on any atom is -0.493 e. The Bertz CT molecular complexity index is 1710. The number of hydrogen-bond acceptors (Lipinski definition) is 7. The zero-order valence-corrected chi connectivity index (χ0v) is 30.2. The molecule has 3 amide bonds. The van der Waals surface area contributed by atoms with Crippen molar-refractivity contribution in [3.63, 3.8) is 0 Å². The number of likely N-dealkylation sites (tertiary alicyclic amines) is 3. The van der Waals surface area contributed by atoms with Crippen LogP contribution in [-0.4, -0.2) is 105 Å². The van der Waals surface area contributed by atoms with E-state index in [1.807, 2.05) is 47.4 Å². The van der Waals surface area contributed by atoms with E-state index < -0.39 is 17.4 Å². The summed E-state index contributed by atoms with van der Waals surface area (Å²) in [4.78, 5) is 45.2. The van der Waals surface area contributed by atoms with Gasteiger partial charge in [-0.15, -0.1) is 0 Å². The van der Waals surface area contributed by atoms with Crippen molar-refractivity contribution in [1.29, 1.82) is 0 Å². The van der Waals surface area contributed by atoms with Gasteiger partial charge in [-0.1, -0.05) is 42.5 Å². The lowest BCUT2D eigenvalue weighted by Gasteiger charge is -2.45. The fourth-order valence-electron chi connectivity index (χ4n) is 8.24. The minimum absolute atomic E-state index is 0.145. The Morgan fingerprint density at radius 2 is 1.52 bits per heavy atom. The van der Waals surface area contributed by atoms with Crippen LogP contribution in [0.1, 0.15) is 60.0 Å². The largest absolute Gasteiger partial charge is 0.493 e. The summed E-state index contributed by atoms with van der Waals surface area (Å²) < 4.78 is 30.6. The van der Waals surface area contributed by atoms with E-state index in [9.17, 15) is 23.9 Å². The highest BCUT2D eigenvalue weighted by Gasteiger charge is 2.44. The summed E-state index contributed by atoms with van der Waals surface area (Å²) in [6.45, 7) is 3.99. The lowest BCUT2D eigenvalue weighted by molar-refractivity contribution is -0.143. The first kappa shape index (κ1) is 36.9. The number of nitrogens with zero attached hydrogens (tertiary/aromatic N) is 3. The molecule has 0 aliphatic carbocycles. The molecule has 3 aliphatic rings. The van der Waals surface area contributed by atoms with Crippen LogP contribution >= 0.6 is 0 Å². The number of ether oxygens (including phenoxy) is 3. The van der Waals surface area contributed by atoms with Crippen LogP contribution in [0.15, 0.2) is 66.7 Å². The Balaban J connectivity index is 1.17. The van der Waals surface area contributed by atoms with Crippen LogP contribution in [0, 0.1) is 11.7 Å². The minimum atomic E-state index is -0.863. The molecular formula is C40H49FN4O7. The number of benzene rings is 3. The van der Waals surface area contributed by atoms with Crippen LogP contribution in [-0.2, 0) is 15.7 Å². The molecule has 6 rings (SSSR count). The number of rotatable bonds is 11. The predicted molar refractivity (Wildman–Crippen MR) is 194 cm³/mol. The van der Waals surface area contributed by atoms with Crippen molar-refractivity contribution in [3.05, 3.63) is 89.2 Å². The van der Waals surface area contributed by atoms with Crippen LogP contribution in [0.5, 0.6) is 17.2 Å². The van der Waals surface area contributed by atoms with Crippen molar-refractivity contribution in [1.82, 2.24) is 20.0 Å². The van der Waals surface area contributed by atoms with Crippen LogP contribution < -0.4 is 19.5 Å². The van der Waals surface area contributed by atoms with Crippen molar-refractivity contribution in [2.45, 2.75) is 49.5 Å². The summed E-state index contributed by atoms with van der Waals surface area (Å²) in [6.07, 6.45) is 4.10. The highest BCUT2D eigenvalue weighted by molar-refractivity contribution is 5.96. The van der Waals surface area contributed by atoms with E-state index in [1.165, 1.54) is 33.5 Å². The van der Waals surface area contributed by atoms with Crippen LogP contribution in [0.3, 0.4) is 0 Å². The first-order valence-electron chi connectivity index (χ1n) is 18.0. The fraction of sp³-hybridized carbons (Fsp3) is 0.475. The number of carboxylic acids is 1. The summed E-state index contributed by atoms with van der Waals surface area (Å²) in [5, 5.41) is 12.9. The Morgan fingerprint density at radius 3 is 2.13 bits per heavy atom. The summed E-state index contributed by atoms with van der Waals surface area (Å²) >= 11 is 0. The molecule has 12 heteroatoms. The molecule has 3 saturated heterocycles. The maximum atomic E-state index is 14.1. The summed E-state index contributed by atoms with van der Waals surface area (Å²) in [5.74, 6) is -0.637. The van der Waals surface area contributed by atoms with E-state index in [0.29, 0.717) is 68.1 Å². The van der Waals surface area contributed by atoms with E-state index in [4.69, 9.17) is 14.2 Å². The molecule has 278 valence electrons. The highest BCUT2D eigenvalue weighted by atomic mass is 19.1. The van der Waals surface area contributed by atoms with E-state index in [2.05, 4.69) is 10.2 Å². The third-order valence-electron chi connectivity index (χ3n) is 11.4. The monoisotopic (exact) mass is 716 g/mol. The van der Waals surface area contributed by atoms with E-state index in [1.54, 1.807) is 17.0 Å². The second-order valence-corrected chi connectivity index (χ2v) is 14.3. The molecule has 3 fully saturated rings. The summed E-state index contributed by atoms with van der Waals surface area (Å²) in [6, 6.07) is 19.8. The number of halogens is 1. The van der Waals surface area contributed by atoms with Crippen molar-refractivity contribution >= 4 is 17.9 Å².